The molecule has 15 heavy (non-hydrogen) atoms. The lowest BCUT2D eigenvalue weighted by Crippen LogP contribution is -2.26. The van der Waals surface area contributed by atoms with Crippen molar-refractivity contribution in [3.8, 4) is 0 Å². The van der Waals surface area contributed by atoms with E-state index in [2.05, 4.69) is 31.4 Å². The van der Waals surface area contributed by atoms with Gasteiger partial charge in [-0.3, -0.25) is 4.79 Å². The number of thiophene rings is 1. The Morgan fingerprint density at radius 2 is 2.27 bits per heavy atom. The Morgan fingerprint density at radius 1 is 1.47 bits per heavy atom. The highest BCUT2D eigenvalue weighted by Gasteiger charge is 2.32. The Kier molecular flexibility index (Phi) is 3.25. The smallest absolute Gasteiger partial charge is 0.133 e. The average Bonchev–Trinajstić information content (AvgIpc) is 2.69. The van der Waals surface area contributed by atoms with Gasteiger partial charge in [-0.05, 0) is 29.7 Å². The first-order valence-corrected chi connectivity index (χ1v) is 6.61. The van der Waals surface area contributed by atoms with Crippen LogP contribution in [0.4, 0.5) is 0 Å². The van der Waals surface area contributed by atoms with E-state index in [4.69, 9.17) is 0 Å². The summed E-state index contributed by atoms with van der Waals surface area (Å²) >= 11 is 1.80. The summed E-state index contributed by atoms with van der Waals surface area (Å²) in [6.07, 6.45) is 2.65. The van der Waals surface area contributed by atoms with Crippen LogP contribution in [0.3, 0.4) is 0 Å². The fraction of sp³-hybridized carbons (Fsp3) is 0.615. The minimum absolute atomic E-state index is 0.449. The number of hydrogen-bond acceptors (Lipinski definition) is 2. The number of carbonyl (C=O) groups excluding carboxylic acids is 1. The maximum Gasteiger partial charge on any atom is 0.133 e. The van der Waals surface area contributed by atoms with Gasteiger partial charge in [-0.2, -0.15) is 0 Å². The van der Waals surface area contributed by atoms with Crippen molar-refractivity contribution < 1.29 is 4.79 Å². The van der Waals surface area contributed by atoms with Crippen LogP contribution in [0, 0.1) is 11.8 Å². The summed E-state index contributed by atoms with van der Waals surface area (Å²) in [6.45, 7) is 4.56. The number of carbonyl (C=O) groups is 1. The number of ketones is 1. The molecular formula is C13H18OS. The second-order valence-corrected chi connectivity index (χ2v) is 5.79. The lowest BCUT2D eigenvalue weighted by atomic mass is 9.72. The quantitative estimate of drug-likeness (QED) is 0.742. The van der Waals surface area contributed by atoms with E-state index in [1.54, 1.807) is 11.3 Å². The Bertz CT molecular complexity index is 326. The number of rotatable bonds is 2. The molecular weight excluding hydrogens is 204 g/mol. The maximum atomic E-state index is 11.5. The molecule has 2 heteroatoms. The summed E-state index contributed by atoms with van der Waals surface area (Å²) < 4.78 is 0. The molecule has 0 aromatic carbocycles. The summed E-state index contributed by atoms with van der Waals surface area (Å²) in [7, 11) is 0. The molecule has 0 bridgehead atoms. The first-order valence-electron chi connectivity index (χ1n) is 5.73. The van der Waals surface area contributed by atoms with Crippen LogP contribution in [0.25, 0.3) is 0 Å². The van der Waals surface area contributed by atoms with Crippen LogP contribution in [0.2, 0.25) is 0 Å². The van der Waals surface area contributed by atoms with Crippen LogP contribution in [-0.2, 0) is 4.79 Å². The van der Waals surface area contributed by atoms with Crippen LogP contribution >= 0.6 is 11.3 Å². The fourth-order valence-electron chi connectivity index (χ4n) is 2.64. The molecule has 0 N–H and O–H groups in total. The molecule has 82 valence electrons. The summed E-state index contributed by atoms with van der Waals surface area (Å²) in [5.74, 6) is 2.32. The van der Waals surface area contributed by atoms with Gasteiger partial charge >= 0.3 is 0 Å². The first-order chi connectivity index (χ1) is 7.18. The van der Waals surface area contributed by atoms with Gasteiger partial charge in [0, 0.05) is 23.6 Å². The van der Waals surface area contributed by atoms with Crippen molar-refractivity contribution in [2.45, 2.75) is 39.0 Å². The molecule has 1 heterocycles. The van der Waals surface area contributed by atoms with E-state index in [-0.39, 0.29) is 0 Å². The molecule has 0 amide bonds. The van der Waals surface area contributed by atoms with Gasteiger partial charge in [-0.25, -0.2) is 0 Å². The minimum Gasteiger partial charge on any atom is -0.300 e. The van der Waals surface area contributed by atoms with E-state index in [0.29, 0.717) is 23.5 Å². The van der Waals surface area contributed by atoms with Gasteiger partial charge in [-0.1, -0.05) is 19.9 Å². The number of hydrogen-bond donors (Lipinski definition) is 0. The second-order valence-electron chi connectivity index (χ2n) is 4.81. The third kappa shape index (κ3) is 2.31. The second kappa shape index (κ2) is 4.48. The van der Waals surface area contributed by atoms with Crippen LogP contribution in [0.5, 0.6) is 0 Å². The molecule has 0 aliphatic heterocycles. The molecule has 2 unspecified atom stereocenters. The molecule has 1 nitrogen and oxygen atoms in total. The van der Waals surface area contributed by atoms with Crippen molar-refractivity contribution in [1.82, 2.24) is 0 Å². The lowest BCUT2D eigenvalue weighted by Gasteiger charge is -2.33. The zero-order chi connectivity index (χ0) is 10.8. The topological polar surface area (TPSA) is 17.1 Å². The van der Waals surface area contributed by atoms with E-state index < -0.39 is 0 Å². The van der Waals surface area contributed by atoms with Crippen LogP contribution in [0.1, 0.15) is 43.9 Å². The molecule has 1 saturated carbocycles. The van der Waals surface area contributed by atoms with E-state index in [1.165, 1.54) is 4.88 Å². The third-order valence-corrected chi connectivity index (χ3v) is 4.49. The summed E-state index contributed by atoms with van der Waals surface area (Å²) in [5.41, 5.74) is 0. The van der Waals surface area contributed by atoms with E-state index in [9.17, 15) is 4.79 Å². The highest BCUT2D eigenvalue weighted by atomic mass is 32.1. The molecule has 1 aromatic heterocycles. The van der Waals surface area contributed by atoms with Crippen LogP contribution in [-0.4, -0.2) is 5.78 Å². The molecule has 2 atom stereocenters. The van der Waals surface area contributed by atoms with Gasteiger partial charge in [0.1, 0.15) is 5.78 Å². The molecule has 1 aliphatic rings. The molecule has 0 radical (unpaired) electrons. The van der Waals surface area contributed by atoms with E-state index in [1.807, 2.05) is 0 Å². The monoisotopic (exact) mass is 222 g/mol. The van der Waals surface area contributed by atoms with Crippen LogP contribution < -0.4 is 0 Å². The van der Waals surface area contributed by atoms with Gasteiger partial charge in [-0.15, -0.1) is 11.3 Å². The molecule has 0 saturated heterocycles. The summed E-state index contributed by atoms with van der Waals surface area (Å²) in [5, 5.41) is 2.12. The fourth-order valence-corrected chi connectivity index (χ4v) is 3.54. The zero-order valence-electron chi connectivity index (χ0n) is 9.40. The van der Waals surface area contributed by atoms with Crippen molar-refractivity contribution >= 4 is 17.1 Å². The zero-order valence-corrected chi connectivity index (χ0v) is 10.2. The molecule has 1 aromatic rings. The molecule has 0 spiro atoms. The Labute approximate surface area is 95.5 Å². The Morgan fingerprint density at radius 3 is 2.87 bits per heavy atom. The van der Waals surface area contributed by atoms with Crippen molar-refractivity contribution in [3.05, 3.63) is 22.4 Å². The van der Waals surface area contributed by atoms with Gasteiger partial charge in [0.25, 0.3) is 0 Å². The molecule has 1 fully saturated rings. The Balaban J connectivity index is 2.20. The minimum atomic E-state index is 0.449. The highest BCUT2D eigenvalue weighted by molar-refractivity contribution is 7.10. The maximum absolute atomic E-state index is 11.5. The summed E-state index contributed by atoms with van der Waals surface area (Å²) in [6, 6.07) is 4.28. The van der Waals surface area contributed by atoms with Gasteiger partial charge in [0.05, 0.1) is 0 Å². The highest BCUT2D eigenvalue weighted by Crippen LogP contribution is 2.41. The summed E-state index contributed by atoms with van der Waals surface area (Å²) in [4.78, 5) is 12.9. The van der Waals surface area contributed by atoms with E-state index in [0.717, 1.165) is 19.3 Å². The SMILES string of the molecule is CC(C)C1CCC(=O)CC1c1cccs1. The predicted molar refractivity (Wildman–Crippen MR) is 64.2 cm³/mol. The van der Waals surface area contributed by atoms with Gasteiger partial charge < -0.3 is 0 Å². The van der Waals surface area contributed by atoms with Gasteiger partial charge in [0.2, 0.25) is 0 Å². The molecule has 1 aliphatic carbocycles. The van der Waals surface area contributed by atoms with Crippen LogP contribution in [0.15, 0.2) is 17.5 Å². The first kappa shape index (κ1) is 10.9. The van der Waals surface area contributed by atoms with E-state index >= 15 is 0 Å². The Hall–Kier alpha value is -0.630. The van der Waals surface area contributed by atoms with Gasteiger partial charge in [0.15, 0.2) is 0 Å². The normalized spacial score (nSPS) is 27.3. The van der Waals surface area contributed by atoms with Crippen molar-refractivity contribution in [1.29, 1.82) is 0 Å². The van der Waals surface area contributed by atoms with Crippen molar-refractivity contribution in [2.75, 3.05) is 0 Å². The lowest BCUT2D eigenvalue weighted by molar-refractivity contribution is -0.121. The predicted octanol–water partition coefficient (Wildman–Crippen LogP) is 3.86. The number of Topliss-reactive ketones (excluding diaryl/α,β-unsaturated/α-hetero) is 1. The average molecular weight is 222 g/mol. The molecule has 2 rings (SSSR count). The standard InChI is InChI=1S/C13H18OS/c1-9(2)11-6-5-10(14)8-12(11)13-4-3-7-15-13/h3-4,7,9,11-12H,5-6,8H2,1-2H3. The third-order valence-electron chi connectivity index (χ3n) is 3.49. The van der Waals surface area contributed by atoms with Crippen molar-refractivity contribution in [2.24, 2.45) is 11.8 Å². The largest absolute Gasteiger partial charge is 0.300 e. The van der Waals surface area contributed by atoms with Crippen molar-refractivity contribution in [3.63, 3.8) is 0 Å².